The van der Waals surface area contributed by atoms with Crippen LogP contribution in [0.25, 0.3) is 11.4 Å². The van der Waals surface area contributed by atoms with E-state index in [4.69, 9.17) is 0 Å². The van der Waals surface area contributed by atoms with Crippen LogP contribution in [0.3, 0.4) is 0 Å². The van der Waals surface area contributed by atoms with Crippen molar-refractivity contribution in [1.82, 2.24) is 9.97 Å². The van der Waals surface area contributed by atoms with Crippen molar-refractivity contribution in [1.29, 1.82) is 0 Å². The Labute approximate surface area is 119 Å². The standard InChI is InChI=1S/C15H20N4O/c1-3-12(20)10-17-14-9-13(16-2)18-15(19-14)11-7-5-4-6-8-11/h4-9,12,20H,3,10H2,1-2H3,(H2,16,17,18,19). The number of hydrogen-bond acceptors (Lipinski definition) is 5. The van der Waals surface area contributed by atoms with Crippen molar-refractivity contribution >= 4 is 11.6 Å². The van der Waals surface area contributed by atoms with Gasteiger partial charge in [-0.1, -0.05) is 37.3 Å². The highest BCUT2D eigenvalue weighted by Crippen LogP contribution is 2.19. The smallest absolute Gasteiger partial charge is 0.163 e. The summed E-state index contributed by atoms with van der Waals surface area (Å²) in [6, 6.07) is 11.6. The Morgan fingerprint density at radius 1 is 1.15 bits per heavy atom. The zero-order valence-corrected chi connectivity index (χ0v) is 11.8. The molecule has 0 radical (unpaired) electrons. The molecule has 2 aromatic rings. The summed E-state index contributed by atoms with van der Waals surface area (Å²) >= 11 is 0. The van der Waals surface area contributed by atoms with Crippen LogP contribution >= 0.6 is 0 Å². The maximum Gasteiger partial charge on any atom is 0.163 e. The van der Waals surface area contributed by atoms with Gasteiger partial charge in [0, 0.05) is 25.2 Å². The lowest BCUT2D eigenvalue weighted by Crippen LogP contribution is -2.19. The molecule has 0 fully saturated rings. The maximum atomic E-state index is 9.61. The van der Waals surface area contributed by atoms with E-state index in [9.17, 15) is 5.11 Å². The summed E-state index contributed by atoms with van der Waals surface area (Å²) in [5.41, 5.74) is 0.962. The first kappa shape index (κ1) is 14.3. The van der Waals surface area contributed by atoms with Crippen molar-refractivity contribution in [2.45, 2.75) is 19.4 Å². The van der Waals surface area contributed by atoms with Gasteiger partial charge in [-0.3, -0.25) is 0 Å². The number of nitrogens with zero attached hydrogens (tertiary/aromatic N) is 2. The van der Waals surface area contributed by atoms with Crippen molar-refractivity contribution in [3.63, 3.8) is 0 Å². The van der Waals surface area contributed by atoms with Gasteiger partial charge in [-0.2, -0.15) is 0 Å². The highest BCUT2D eigenvalue weighted by atomic mass is 16.3. The van der Waals surface area contributed by atoms with E-state index < -0.39 is 0 Å². The summed E-state index contributed by atoms with van der Waals surface area (Å²) in [5.74, 6) is 2.11. The Kier molecular flexibility index (Phi) is 4.90. The Bertz CT molecular complexity index is 545. The first-order chi connectivity index (χ1) is 9.72. The van der Waals surface area contributed by atoms with Crippen LogP contribution in [0.1, 0.15) is 13.3 Å². The number of hydrogen-bond donors (Lipinski definition) is 3. The molecule has 1 aromatic heterocycles. The highest BCUT2D eigenvalue weighted by molar-refractivity contribution is 5.61. The predicted molar refractivity (Wildman–Crippen MR) is 81.8 cm³/mol. The summed E-state index contributed by atoms with van der Waals surface area (Å²) in [6.07, 6.45) is 0.339. The molecular formula is C15H20N4O. The normalized spacial score (nSPS) is 11.9. The molecule has 0 aliphatic heterocycles. The molecule has 0 spiro atoms. The highest BCUT2D eigenvalue weighted by Gasteiger charge is 2.07. The Morgan fingerprint density at radius 3 is 2.50 bits per heavy atom. The SMILES string of the molecule is CCC(O)CNc1cc(NC)nc(-c2ccccc2)n1. The zero-order chi connectivity index (χ0) is 14.4. The lowest BCUT2D eigenvalue weighted by molar-refractivity contribution is 0.183. The number of benzene rings is 1. The number of aliphatic hydroxyl groups excluding tert-OH is 1. The number of rotatable bonds is 6. The molecule has 0 aliphatic rings. The molecule has 0 bridgehead atoms. The molecule has 0 saturated heterocycles. The van der Waals surface area contributed by atoms with E-state index in [-0.39, 0.29) is 6.10 Å². The van der Waals surface area contributed by atoms with E-state index >= 15 is 0 Å². The van der Waals surface area contributed by atoms with E-state index in [2.05, 4.69) is 20.6 Å². The molecule has 1 heterocycles. The molecule has 0 amide bonds. The Balaban J connectivity index is 2.25. The largest absolute Gasteiger partial charge is 0.391 e. The quantitative estimate of drug-likeness (QED) is 0.753. The van der Waals surface area contributed by atoms with E-state index in [0.717, 1.165) is 11.4 Å². The van der Waals surface area contributed by atoms with Crippen LogP contribution in [-0.4, -0.2) is 34.8 Å². The van der Waals surface area contributed by atoms with Crippen LogP contribution in [0.5, 0.6) is 0 Å². The third-order valence-electron chi connectivity index (χ3n) is 3.00. The molecule has 1 aromatic carbocycles. The van der Waals surface area contributed by atoms with Gasteiger partial charge in [-0.25, -0.2) is 9.97 Å². The van der Waals surface area contributed by atoms with Crippen molar-refractivity contribution in [2.75, 3.05) is 24.2 Å². The minimum absolute atomic E-state index is 0.372. The third-order valence-corrected chi connectivity index (χ3v) is 3.00. The van der Waals surface area contributed by atoms with Crippen molar-refractivity contribution < 1.29 is 5.11 Å². The topological polar surface area (TPSA) is 70.1 Å². The second-order valence-electron chi connectivity index (χ2n) is 4.52. The zero-order valence-electron chi connectivity index (χ0n) is 11.8. The van der Waals surface area contributed by atoms with E-state index in [1.54, 1.807) is 0 Å². The average molecular weight is 272 g/mol. The molecule has 5 nitrogen and oxygen atoms in total. The van der Waals surface area contributed by atoms with Gasteiger partial charge in [0.2, 0.25) is 0 Å². The van der Waals surface area contributed by atoms with Crippen molar-refractivity contribution in [3.05, 3.63) is 36.4 Å². The van der Waals surface area contributed by atoms with Gasteiger partial charge >= 0.3 is 0 Å². The second kappa shape index (κ2) is 6.86. The lowest BCUT2D eigenvalue weighted by atomic mass is 10.2. The summed E-state index contributed by atoms with van der Waals surface area (Å²) < 4.78 is 0. The van der Waals surface area contributed by atoms with E-state index in [0.29, 0.717) is 24.6 Å². The molecule has 5 heteroatoms. The number of aliphatic hydroxyl groups is 1. The summed E-state index contributed by atoms with van der Waals surface area (Å²) in [6.45, 7) is 2.42. The van der Waals surface area contributed by atoms with Crippen molar-refractivity contribution in [2.24, 2.45) is 0 Å². The average Bonchev–Trinajstić information content (AvgIpc) is 2.53. The van der Waals surface area contributed by atoms with Gasteiger partial charge in [0.25, 0.3) is 0 Å². The fourth-order valence-corrected chi connectivity index (χ4v) is 1.75. The number of aromatic nitrogens is 2. The van der Waals surface area contributed by atoms with Crippen LogP contribution in [0.2, 0.25) is 0 Å². The molecule has 3 N–H and O–H groups in total. The molecule has 0 aliphatic carbocycles. The number of anilines is 2. The van der Waals surface area contributed by atoms with Crippen LogP contribution < -0.4 is 10.6 Å². The first-order valence-corrected chi connectivity index (χ1v) is 6.77. The molecule has 106 valence electrons. The number of nitrogens with one attached hydrogen (secondary N) is 2. The van der Waals surface area contributed by atoms with Gasteiger partial charge in [0.05, 0.1) is 6.10 Å². The Hall–Kier alpha value is -2.14. The molecule has 1 atom stereocenters. The second-order valence-corrected chi connectivity index (χ2v) is 4.52. The first-order valence-electron chi connectivity index (χ1n) is 6.77. The molecule has 2 rings (SSSR count). The maximum absolute atomic E-state index is 9.61. The van der Waals surface area contributed by atoms with Gasteiger partial charge < -0.3 is 15.7 Å². The minimum Gasteiger partial charge on any atom is -0.391 e. The van der Waals surface area contributed by atoms with Gasteiger partial charge in [-0.05, 0) is 6.42 Å². The summed E-state index contributed by atoms with van der Waals surface area (Å²) in [7, 11) is 1.82. The van der Waals surface area contributed by atoms with Crippen LogP contribution in [0.15, 0.2) is 36.4 Å². The lowest BCUT2D eigenvalue weighted by Gasteiger charge is -2.12. The molecule has 20 heavy (non-hydrogen) atoms. The van der Waals surface area contributed by atoms with Gasteiger partial charge in [-0.15, -0.1) is 0 Å². The van der Waals surface area contributed by atoms with Crippen LogP contribution in [-0.2, 0) is 0 Å². The predicted octanol–water partition coefficient (Wildman–Crippen LogP) is 2.37. The van der Waals surface area contributed by atoms with Crippen LogP contribution in [0, 0.1) is 0 Å². The third kappa shape index (κ3) is 3.68. The van der Waals surface area contributed by atoms with Crippen LogP contribution in [0.4, 0.5) is 11.6 Å². The van der Waals surface area contributed by atoms with Crippen molar-refractivity contribution in [3.8, 4) is 11.4 Å². The minimum atomic E-state index is -0.372. The Morgan fingerprint density at radius 2 is 1.85 bits per heavy atom. The monoisotopic (exact) mass is 272 g/mol. The molecule has 1 unspecified atom stereocenters. The van der Waals surface area contributed by atoms with Gasteiger partial charge in [0.15, 0.2) is 5.82 Å². The summed E-state index contributed by atoms with van der Waals surface area (Å²) in [4.78, 5) is 8.93. The van der Waals surface area contributed by atoms with E-state index in [1.165, 1.54) is 0 Å². The molecular weight excluding hydrogens is 252 g/mol. The fourth-order valence-electron chi connectivity index (χ4n) is 1.75. The van der Waals surface area contributed by atoms with E-state index in [1.807, 2.05) is 50.4 Å². The summed E-state index contributed by atoms with van der Waals surface area (Å²) in [5, 5.41) is 15.8. The fraction of sp³-hybridized carbons (Fsp3) is 0.333. The molecule has 0 saturated carbocycles. The van der Waals surface area contributed by atoms with Gasteiger partial charge in [0.1, 0.15) is 11.6 Å².